The van der Waals surface area contributed by atoms with E-state index in [1.54, 1.807) is 41.8 Å². The van der Waals surface area contributed by atoms with Gasteiger partial charge in [-0.15, -0.1) is 11.3 Å². The molecular weight excluding hydrogens is 278 g/mol. The lowest BCUT2D eigenvalue weighted by molar-refractivity contribution is -0.119. The zero-order chi connectivity index (χ0) is 14.4. The highest BCUT2D eigenvalue weighted by molar-refractivity contribution is 7.11. The van der Waals surface area contributed by atoms with Gasteiger partial charge >= 0.3 is 5.97 Å². The maximum Gasteiger partial charge on any atom is 0.348 e. The largest absolute Gasteiger partial charge is 0.495 e. The third-order valence-corrected chi connectivity index (χ3v) is 3.29. The van der Waals surface area contributed by atoms with Gasteiger partial charge < -0.3 is 14.8 Å². The number of esters is 1. The summed E-state index contributed by atoms with van der Waals surface area (Å²) in [4.78, 5) is 23.8. The zero-order valence-corrected chi connectivity index (χ0v) is 11.6. The number of carbonyl (C=O) groups excluding carboxylic acids is 2. The first-order valence-electron chi connectivity index (χ1n) is 5.84. The van der Waals surface area contributed by atoms with Crippen LogP contribution in [-0.4, -0.2) is 25.6 Å². The molecule has 0 aliphatic rings. The molecule has 0 fully saturated rings. The van der Waals surface area contributed by atoms with Gasteiger partial charge in [-0.2, -0.15) is 0 Å². The van der Waals surface area contributed by atoms with Crippen molar-refractivity contribution in [3.63, 3.8) is 0 Å². The van der Waals surface area contributed by atoms with Gasteiger partial charge in [-0.3, -0.25) is 4.79 Å². The Bertz CT molecular complexity index is 595. The summed E-state index contributed by atoms with van der Waals surface area (Å²) < 4.78 is 10.0. The van der Waals surface area contributed by atoms with E-state index >= 15 is 0 Å². The predicted octanol–water partition coefficient (Wildman–Crippen LogP) is 2.55. The molecule has 1 N–H and O–H groups in total. The van der Waals surface area contributed by atoms with E-state index in [1.165, 1.54) is 18.4 Å². The van der Waals surface area contributed by atoms with E-state index in [1.807, 2.05) is 0 Å². The van der Waals surface area contributed by atoms with Crippen LogP contribution in [-0.2, 0) is 9.53 Å². The lowest BCUT2D eigenvalue weighted by atomic mass is 10.3. The molecule has 104 valence electrons. The number of benzene rings is 1. The molecule has 6 heteroatoms. The van der Waals surface area contributed by atoms with Crippen LogP contribution in [0.15, 0.2) is 41.8 Å². The van der Waals surface area contributed by atoms with Gasteiger partial charge in [0.25, 0.3) is 5.91 Å². The summed E-state index contributed by atoms with van der Waals surface area (Å²) in [6.45, 7) is -0.339. The van der Waals surface area contributed by atoms with E-state index in [-0.39, 0.29) is 6.61 Å². The molecule has 1 aromatic heterocycles. The highest BCUT2D eigenvalue weighted by Crippen LogP contribution is 2.22. The number of thiophene rings is 1. The Morgan fingerprint density at radius 2 is 2.00 bits per heavy atom. The molecule has 0 spiro atoms. The summed E-state index contributed by atoms with van der Waals surface area (Å²) in [7, 11) is 1.52. The van der Waals surface area contributed by atoms with Crippen molar-refractivity contribution in [1.29, 1.82) is 0 Å². The van der Waals surface area contributed by atoms with Gasteiger partial charge in [-0.1, -0.05) is 18.2 Å². The van der Waals surface area contributed by atoms with Crippen molar-refractivity contribution < 1.29 is 19.1 Å². The number of anilines is 1. The Morgan fingerprint density at radius 1 is 1.20 bits per heavy atom. The zero-order valence-electron chi connectivity index (χ0n) is 10.8. The van der Waals surface area contributed by atoms with Gasteiger partial charge in [-0.25, -0.2) is 4.79 Å². The molecule has 20 heavy (non-hydrogen) atoms. The van der Waals surface area contributed by atoms with Crippen molar-refractivity contribution >= 4 is 28.9 Å². The normalized spacial score (nSPS) is 9.85. The van der Waals surface area contributed by atoms with Gasteiger partial charge in [0.2, 0.25) is 0 Å². The molecule has 1 aromatic carbocycles. The Morgan fingerprint density at radius 3 is 2.70 bits per heavy atom. The first kappa shape index (κ1) is 14.1. The monoisotopic (exact) mass is 291 g/mol. The summed E-state index contributed by atoms with van der Waals surface area (Å²) >= 11 is 1.27. The smallest absolute Gasteiger partial charge is 0.348 e. The number of carbonyl (C=O) groups is 2. The van der Waals surface area contributed by atoms with E-state index in [0.717, 1.165) is 0 Å². The lowest BCUT2D eigenvalue weighted by Crippen LogP contribution is -2.20. The van der Waals surface area contributed by atoms with Gasteiger partial charge in [-0.05, 0) is 23.6 Å². The van der Waals surface area contributed by atoms with Crippen molar-refractivity contribution in [2.24, 2.45) is 0 Å². The summed E-state index contributed by atoms with van der Waals surface area (Å²) in [5.41, 5.74) is 0.534. The van der Waals surface area contributed by atoms with Crippen LogP contribution >= 0.6 is 11.3 Å². The number of methoxy groups -OCH3 is 1. The fraction of sp³-hybridized carbons (Fsp3) is 0.143. The van der Waals surface area contributed by atoms with Crippen LogP contribution in [0.5, 0.6) is 5.75 Å². The van der Waals surface area contributed by atoms with Crippen molar-refractivity contribution in [3.8, 4) is 5.75 Å². The molecule has 0 saturated heterocycles. The molecule has 0 bridgehead atoms. The van der Waals surface area contributed by atoms with Gasteiger partial charge in [0.05, 0.1) is 12.8 Å². The Labute approximate surface area is 120 Å². The van der Waals surface area contributed by atoms with Crippen molar-refractivity contribution in [2.75, 3.05) is 19.0 Å². The lowest BCUT2D eigenvalue weighted by Gasteiger charge is -2.09. The molecule has 0 aliphatic carbocycles. The second-order valence-electron chi connectivity index (χ2n) is 3.80. The van der Waals surface area contributed by atoms with Gasteiger partial charge in [0.1, 0.15) is 10.6 Å². The standard InChI is InChI=1S/C14H13NO4S/c1-18-11-6-3-2-5-10(11)15-13(16)9-19-14(17)12-7-4-8-20-12/h2-8H,9H2,1H3,(H,15,16). The van der Waals surface area contributed by atoms with Crippen molar-refractivity contribution in [2.45, 2.75) is 0 Å². The molecule has 1 heterocycles. The minimum atomic E-state index is -0.504. The molecule has 5 nitrogen and oxygen atoms in total. The molecule has 0 radical (unpaired) electrons. The number of nitrogens with one attached hydrogen (secondary N) is 1. The third kappa shape index (κ3) is 3.58. The molecule has 2 rings (SSSR count). The molecule has 0 unspecified atom stereocenters. The average molecular weight is 291 g/mol. The van der Waals surface area contributed by atoms with E-state index in [0.29, 0.717) is 16.3 Å². The quantitative estimate of drug-likeness (QED) is 0.860. The first-order valence-corrected chi connectivity index (χ1v) is 6.72. The second-order valence-corrected chi connectivity index (χ2v) is 4.75. The highest BCUT2D eigenvalue weighted by atomic mass is 32.1. The molecule has 1 amide bonds. The van der Waals surface area contributed by atoms with Crippen LogP contribution in [0, 0.1) is 0 Å². The van der Waals surface area contributed by atoms with Crippen LogP contribution in [0.1, 0.15) is 9.67 Å². The fourth-order valence-electron chi connectivity index (χ4n) is 1.53. The van der Waals surface area contributed by atoms with Crippen LogP contribution < -0.4 is 10.1 Å². The first-order chi connectivity index (χ1) is 9.70. The van der Waals surface area contributed by atoms with E-state index < -0.39 is 11.9 Å². The number of ether oxygens (including phenoxy) is 2. The van der Waals surface area contributed by atoms with Crippen LogP contribution in [0.25, 0.3) is 0 Å². The molecule has 0 aliphatic heterocycles. The molecular formula is C14H13NO4S. The maximum absolute atomic E-state index is 11.7. The summed E-state index contributed by atoms with van der Waals surface area (Å²) in [5.74, 6) is -0.375. The minimum Gasteiger partial charge on any atom is -0.495 e. The van der Waals surface area contributed by atoms with Crippen LogP contribution in [0.3, 0.4) is 0 Å². The Hall–Kier alpha value is -2.34. The number of amides is 1. The van der Waals surface area contributed by atoms with Crippen molar-refractivity contribution in [1.82, 2.24) is 0 Å². The topological polar surface area (TPSA) is 64.6 Å². The number of hydrogen-bond acceptors (Lipinski definition) is 5. The van der Waals surface area contributed by atoms with E-state index in [4.69, 9.17) is 9.47 Å². The average Bonchev–Trinajstić information content (AvgIpc) is 2.99. The number of rotatable bonds is 5. The third-order valence-electron chi connectivity index (χ3n) is 2.44. The SMILES string of the molecule is COc1ccccc1NC(=O)COC(=O)c1cccs1. The summed E-state index contributed by atoms with van der Waals surface area (Å²) in [6.07, 6.45) is 0. The second kappa shape index (κ2) is 6.72. The van der Waals surface area contributed by atoms with Gasteiger partial charge in [0.15, 0.2) is 6.61 Å². The molecule has 0 saturated carbocycles. The van der Waals surface area contributed by atoms with Gasteiger partial charge in [0, 0.05) is 0 Å². The van der Waals surface area contributed by atoms with Crippen molar-refractivity contribution in [3.05, 3.63) is 46.7 Å². The number of para-hydroxylation sites is 2. The van der Waals surface area contributed by atoms with Crippen LogP contribution in [0.4, 0.5) is 5.69 Å². The molecule has 0 atom stereocenters. The fourth-order valence-corrected chi connectivity index (χ4v) is 2.15. The Balaban J connectivity index is 1.88. The van der Waals surface area contributed by atoms with Crippen LogP contribution in [0.2, 0.25) is 0 Å². The summed E-state index contributed by atoms with van der Waals surface area (Å²) in [6, 6.07) is 10.4. The maximum atomic E-state index is 11.7. The Kier molecular flexibility index (Phi) is 4.73. The molecule has 2 aromatic rings. The minimum absolute atomic E-state index is 0.339. The van der Waals surface area contributed by atoms with E-state index in [9.17, 15) is 9.59 Å². The predicted molar refractivity (Wildman–Crippen MR) is 76.2 cm³/mol. The number of hydrogen-bond donors (Lipinski definition) is 1. The summed E-state index contributed by atoms with van der Waals surface area (Å²) in [5, 5.41) is 4.39. The highest BCUT2D eigenvalue weighted by Gasteiger charge is 2.12. The van der Waals surface area contributed by atoms with E-state index in [2.05, 4.69) is 5.32 Å².